The Kier molecular flexibility index (Phi) is 15.2. The molecule has 0 unspecified atom stereocenters. The lowest BCUT2D eigenvalue weighted by atomic mass is 9.84. The molecular formula is C29H56O4. The van der Waals surface area contributed by atoms with Gasteiger partial charge in [0.15, 0.2) is 0 Å². The minimum absolute atomic E-state index is 0.318. The van der Waals surface area contributed by atoms with E-state index < -0.39 is 0 Å². The van der Waals surface area contributed by atoms with Crippen molar-refractivity contribution in [2.24, 2.45) is 16.7 Å². The van der Waals surface area contributed by atoms with Gasteiger partial charge in [0.2, 0.25) is 0 Å². The lowest BCUT2D eigenvalue weighted by Gasteiger charge is -2.40. The topological polar surface area (TPSA) is 36.9 Å². The van der Waals surface area contributed by atoms with Gasteiger partial charge in [0, 0.05) is 24.0 Å². The SMILES string of the molecule is CCCCCCC[C@@H](CCCCCCCCOCC1(CC)COC1)COCC1(CC)COC1. The highest BCUT2D eigenvalue weighted by Crippen LogP contribution is 2.32. The second kappa shape index (κ2) is 17.3. The van der Waals surface area contributed by atoms with E-state index in [-0.39, 0.29) is 0 Å². The van der Waals surface area contributed by atoms with Gasteiger partial charge < -0.3 is 18.9 Å². The van der Waals surface area contributed by atoms with E-state index in [1.165, 1.54) is 96.3 Å². The van der Waals surface area contributed by atoms with E-state index in [9.17, 15) is 0 Å². The van der Waals surface area contributed by atoms with Crippen LogP contribution in [0.2, 0.25) is 0 Å². The lowest BCUT2D eigenvalue weighted by molar-refractivity contribution is -0.153. The Morgan fingerprint density at radius 2 is 1.09 bits per heavy atom. The molecule has 0 spiro atoms. The standard InChI is InChI=1S/C29H56O4/c1-4-7-8-11-14-17-27(20-31-22-29(6-3)25-33-26-29)18-15-12-9-10-13-16-19-30-21-28(5-2)23-32-24-28/h27H,4-26H2,1-3H3/t27-/m0/s1. The molecule has 0 aromatic rings. The van der Waals surface area contributed by atoms with Gasteiger partial charge in [-0.3, -0.25) is 0 Å². The van der Waals surface area contributed by atoms with Crippen molar-refractivity contribution in [3.8, 4) is 0 Å². The van der Waals surface area contributed by atoms with Crippen molar-refractivity contribution in [2.45, 2.75) is 117 Å². The number of hydrogen-bond donors (Lipinski definition) is 0. The number of rotatable bonds is 23. The summed E-state index contributed by atoms with van der Waals surface area (Å²) in [6, 6.07) is 0. The van der Waals surface area contributed by atoms with Crippen LogP contribution in [-0.4, -0.2) is 52.9 Å². The summed E-state index contributed by atoms with van der Waals surface area (Å²) in [6.07, 6.45) is 19.9. The van der Waals surface area contributed by atoms with Crippen LogP contribution >= 0.6 is 0 Å². The third-order valence-corrected chi connectivity index (χ3v) is 8.17. The minimum atomic E-state index is 0.318. The van der Waals surface area contributed by atoms with Gasteiger partial charge in [0.25, 0.3) is 0 Å². The number of hydrogen-bond acceptors (Lipinski definition) is 4. The molecule has 4 heteroatoms. The van der Waals surface area contributed by atoms with E-state index >= 15 is 0 Å². The second-order valence-corrected chi connectivity index (χ2v) is 11.2. The van der Waals surface area contributed by atoms with Crippen LogP contribution in [0, 0.1) is 16.7 Å². The fourth-order valence-electron chi connectivity index (χ4n) is 4.98. The Morgan fingerprint density at radius 1 is 0.606 bits per heavy atom. The smallest absolute Gasteiger partial charge is 0.0566 e. The Balaban J connectivity index is 1.48. The van der Waals surface area contributed by atoms with Gasteiger partial charge >= 0.3 is 0 Å². The minimum Gasteiger partial charge on any atom is -0.381 e. The van der Waals surface area contributed by atoms with Crippen LogP contribution < -0.4 is 0 Å². The highest BCUT2D eigenvalue weighted by atomic mass is 16.5. The first-order chi connectivity index (χ1) is 16.2. The monoisotopic (exact) mass is 468 g/mol. The molecule has 2 fully saturated rings. The maximum absolute atomic E-state index is 6.25. The summed E-state index contributed by atoms with van der Waals surface area (Å²) in [6.45, 7) is 14.0. The Hall–Kier alpha value is -0.160. The first kappa shape index (κ1) is 29.1. The van der Waals surface area contributed by atoms with Gasteiger partial charge in [-0.25, -0.2) is 0 Å². The molecule has 0 bridgehead atoms. The van der Waals surface area contributed by atoms with E-state index in [1.807, 2.05) is 0 Å². The van der Waals surface area contributed by atoms with Gasteiger partial charge in [0.1, 0.15) is 0 Å². The molecule has 0 N–H and O–H groups in total. The largest absolute Gasteiger partial charge is 0.381 e. The van der Waals surface area contributed by atoms with Crippen LogP contribution in [0.5, 0.6) is 0 Å². The fourth-order valence-corrected chi connectivity index (χ4v) is 4.98. The summed E-state index contributed by atoms with van der Waals surface area (Å²) in [5.74, 6) is 0.747. The van der Waals surface area contributed by atoms with Crippen LogP contribution in [0.25, 0.3) is 0 Å². The maximum atomic E-state index is 6.25. The average Bonchev–Trinajstić information content (AvgIpc) is 2.77. The van der Waals surface area contributed by atoms with Crippen LogP contribution in [0.3, 0.4) is 0 Å². The van der Waals surface area contributed by atoms with Crippen LogP contribution in [0.1, 0.15) is 117 Å². The van der Waals surface area contributed by atoms with Crippen molar-refractivity contribution >= 4 is 0 Å². The molecule has 4 nitrogen and oxygen atoms in total. The third kappa shape index (κ3) is 11.4. The molecule has 0 radical (unpaired) electrons. The summed E-state index contributed by atoms with van der Waals surface area (Å²) in [5, 5.41) is 0. The predicted octanol–water partition coefficient (Wildman–Crippen LogP) is 7.58. The van der Waals surface area contributed by atoms with Crippen molar-refractivity contribution in [3.63, 3.8) is 0 Å². The fraction of sp³-hybridized carbons (Fsp3) is 1.00. The molecule has 0 amide bonds. The molecule has 2 heterocycles. The number of ether oxygens (including phenoxy) is 4. The predicted molar refractivity (Wildman–Crippen MR) is 138 cm³/mol. The van der Waals surface area contributed by atoms with E-state index in [1.54, 1.807) is 0 Å². The summed E-state index contributed by atoms with van der Waals surface area (Å²) in [5.41, 5.74) is 0.650. The molecule has 0 saturated carbocycles. The van der Waals surface area contributed by atoms with E-state index in [4.69, 9.17) is 18.9 Å². The highest BCUT2D eigenvalue weighted by molar-refractivity contribution is 4.84. The van der Waals surface area contributed by atoms with Gasteiger partial charge in [-0.2, -0.15) is 0 Å². The Morgan fingerprint density at radius 3 is 1.58 bits per heavy atom. The number of unbranched alkanes of at least 4 members (excludes halogenated alkanes) is 9. The normalized spacial score (nSPS) is 19.7. The van der Waals surface area contributed by atoms with Crippen LogP contribution in [-0.2, 0) is 18.9 Å². The van der Waals surface area contributed by atoms with Crippen molar-refractivity contribution in [1.82, 2.24) is 0 Å². The Bertz CT molecular complexity index is 448. The van der Waals surface area contributed by atoms with E-state index in [0.717, 1.165) is 58.8 Å². The average molecular weight is 469 g/mol. The molecule has 2 aliphatic heterocycles. The zero-order chi connectivity index (χ0) is 23.7. The molecule has 0 aromatic carbocycles. The van der Waals surface area contributed by atoms with Crippen LogP contribution in [0.4, 0.5) is 0 Å². The molecule has 2 aliphatic rings. The quantitative estimate of drug-likeness (QED) is 0.145. The molecule has 1 atom stereocenters. The van der Waals surface area contributed by atoms with Gasteiger partial charge in [-0.15, -0.1) is 0 Å². The molecule has 0 aliphatic carbocycles. The molecule has 2 saturated heterocycles. The lowest BCUT2D eigenvalue weighted by Crippen LogP contribution is -2.46. The Labute approximate surface area is 205 Å². The van der Waals surface area contributed by atoms with Crippen molar-refractivity contribution in [2.75, 3.05) is 52.9 Å². The summed E-state index contributed by atoms with van der Waals surface area (Å²) in [7, 11) is 0. The maximum Gasteiger partial charge on any atom is 0.0566 e. The first-order valence-corrected chi connectivity index (χ1v) is 14.5. The van der Waals surface area contributed by atoms with Gasteiger partial charge in [-0.05, 0) is 38.0 Å². The molecule has 196 valence electrons. The summed E-state index contributed by atoms with van der Waals surface area (Å²) in [4.78, 5) is 0. The van der Waals surface area contributed by atoms with Gasteiger partial charge in [0.05, 0.1) is 39.6 Å². The van der Waals surface area contributed by atoms with Crippen LogP contribution in [0.15, 0.2) is 0 Å². The second-order valence-electron chi connectivity index (χ2n) is 11.2. The van der Waals surface area contributed by atoms with Crippen molar-refractivity contribution < 1.29 is 18.9 Å². The zero-order valence-corrected chi connectivity index (χ0v) is 22.5. The summed E-state index contributed by atoms with van der Waals surface area (Å²) >= 11 is 0. The summed E-state index contributed by atoms with van der Waals surface area (Å²) < 4.78 is 23.0. The van der Waals surface area contributed by atoms with Gasteiger partial charge in [-0.1, -0.05) is 85.0 Å². The van der Waals surface area contributed by atoms with Crippen molar-refractivity contribution in [1.29, 1.82) is 0 Å². The molecular weight excluding hydrogens is 412 g/mol. The first-order valence-electron chi connectivity index (χ1n) is 14.5. The molecule has 33 heavy (non-hydrogen) atoms. The highest BCUT2D eigenvalue weighted by Gasteiger charge is 2.37. The molecule has 2 rings (SSSR count). The van der Waals surface area contributed by atoms with E-state index in [2.05, 4.69) is 20.8 Å². The van der Waals surface area contributed by atoms with Crippen molar-refractivity contribution in [3.05, 3.63) is 0 Å². The zero-order valence-electron chi connectivity index (χ0n) is 22.5. The van der Waals surface area contributed by atoms with E-state index in [0.29, 0.717) is 10.8 Å². The molecule has 0 aromatic heterocycles. The third-order valence-electron chi connectivity index (χ3n) is 8.17.